The van der Waals surface area contributed by atoms with E-state index in [-0.39, 0.29) is 11.4 Å². The molecule has 5 nitrogen and oxygen atoms in total. The number of aromatic nitrogens is 2. The number of imidazole rings is 1. The van der Waals surface area contributed by atoms with Crippen LogP contribution in [0.15, 0.2) is 12.5 Å². The van der Waals surface area contributed by atoms with Gasteiger partial charge in [0.15, 0.2) is 0 Å². The molecule has 5 heteroatoms. The first kappa shape index (κ1) is 13.7. The van der Waals surface area contributed by atoms with Crippen molar-refractivity contribution in [3.8, 4) is 0 Å². The van der Waals surface area contributed by atoms with E-state index in [2.05, 4.69) is 28.7 Å². The van der Waals surface area contributed by atoms with Crippen LogP contribution in [0.1, 0.15) is 45.9 Å². The van der Waals surface area contributed by atoms with Gasteiger partial charge in [0.25, 0.3) is 0 Å². The summed E-state index contributed by atoms with van der Waals surface area (Å²) in [4.78, 5) is 15.1. The van der Waals surface area contributed by atoms with Crippen molar-refractivity contribution in [1.29, 1.82) is 0 Å². The molecule has 17 heavy (non-hydrogen) atoms. The normalized spacial score (nSPS) is 12.1. The number of carbonyl (C=O) groups excluding carboxylic acids is 1. The fourth-order valence-corrected chi connectivity index (χ4v) is 1.76. The van der Waals surface area contributed by atoms with E-state index in [4.69, 9.17) is 5.73 Å². The Balaban J connectivity index is 2.61. The summed E-state index contributed by atoms with van der Waals surface area (Å²) in [5.41, 5.74) is 6.02. The molecule has 0 fully saturated rings. The molecule has 1 heterocycles. The molecule has 0 aromatic carbocycles. The molecule has 0 radical (unpaired) electrons. The second-order valence-electron chi connectivity index (χ2n) is 5.27. The van der Waals surface area contributed by atoms with E-state index >= 15 is 0 Å². The lowest BCUT2D eigenvalue weighted by molar-refractivity contribution is -0.119. The van der Waals surface area contributed by atoms with Gasteiger partial charge in [0.05, 0.1) is 12.0 Å². The first-order chi connectivity index (χ1) is 7.82. The number of rotatable bonds is 6. The number of nitrogens with two attached hydrogens (primary N) is 1. The van der Waals surface area contributed by atoms with Gasteiger partial charge in [-0.3, -0.25) is 4.79 Å². The summed E-state index contributed by atoms with van der Waals surface area (Å²) in [7, 11) is 0. The highest BCUT2D eigenvalue weighted by molar-refractivity contribution is 5.74. The van der Waals surface area contributed by atoms with Crippen molar-refractivity contribution in [2.45, 2.75) is 52.2 Å². The predicted molar refractivity (Wildman–Crippen MR) is 67.3 cm³/mol. The summed E-state index contributed by atoms with van der Waals surface area (Å²) in [5.74, 6) is -0.292. The zero-order valence-corrected chi connectivity index (χ0v) is 11.0. The predicted octanol–water partition coefficient (Wildman–Crippen LogP) is 1.21. The highest BCUT2D eigenvalue weighted by Crippen LogP contribution is 2.12. The second kappa shape index (κ2) is 5.31. The lowest BCUT2D eigenvalue weighted by Crippen LogP contribution is -2.42. The highest BCUT2D eigenvalue weighted by Gasteiger charge is 2.20. The summed E-state index contributed by atoms with van der Waals surface area (Å²) in [6.07, 6.45) is 3.99. The molecule has 96 valence electrons. The largest absolute Gasteiger partial charge is 0.370 e. The SMILES string of the molecule is CC(C)n1cncc1CNC(C)(C)CC(N)=O. The van der Waals surface area contributed by atoms with Crippen LogP contribution in [0, 0.1) is 0 Å². The van der Waals surface area contributed by atoms with Crippen molar-refractivity contribution in [3.63, 3.8) is 0 Å². The number of nitrogens with one attached hydrogen (secondary N) is 1. The summed E-state index contributed by atoms with van der Waals surface area (Å²) < 4.78 is 2.10. The zero-order valence-electron chi connectivity index (χ0n) is 11.0. The molecule has 1 rings (SSSR count). The van der Waals surface area contributed by atoms with E-state index in [9.17, 15) is 4.79 Å². The first-order valence-electron chi connectivity index (χ1n) is 5.86. The molecule has 0 aliphatic heterocycles. The second-order valence-corrected chi connectivity index (χ2v) is 5.27. The van der Waals surface area contributed by atoms with Gasteiger partial charge in [-0.15, -0.1) is 0 Å². The van der Waals surface area contributed by atoms with Crippen LogP contribution >= 0.6 is 0 Å². The van der Waals surface area contributed by atoms with Crippen LogP contribution in [-0.4, -0.2) is 21.0 Å². The molecule has 3 N–H and O–H groups in total. The van der Waals surface area contributed by atoms with Gasteiger partial charge in [-0.25, -0.2) is 4.98 Å². The quantitative estimate of drug-likeness (QED) is 0.782. The molecule has 1 aromatic rings. The van der Waals surface area contributed by atoms with Crippen molar-refractivity contribution in [2.75, 3.05) is 0 Å². The first-order valence-corrected chi connectivity index (χ1v) is 5.86. The van der Waals surface area contributed by atoms with Gasteiger partial charge >= 0.3 is 0 Å². The minimum atomic E-state index is -0.294. The Morgan fingerprint density at radius 2 is 2.24 bits per heavy atom. The van der Waals surface area contributed by atoms with E-state index in [1.807, 2.05) is 26.4 Å². The van der Waals surface area contributed by atoms with Crippen LogP contribution in [0.3, 0.4) is 0 Å². The topological polar surface area (TPSA) is 72.9 Å². The maximum absolute atomic E-state index is 10.9. The zero-order chi connectivity index (χ0) is 13.1. The third-order valence-electron chi connectivity index (χ3n) is 2.67. The van der Waals surface area contributed by atoms with Gasteiger partial charge in [-0.05, 0) is 27.7 Å². The number of amides is 1. The molecule has 0 aliphatic carbocycles. The number of hydrogen-bond donors (Lipinski definition) is 2. The molecule has 0 aliphatic rings. The molecule has 1 aromatic heterocycles. The van der Waals surface area contributed by atoms with Gasteiger partial charge in [0.2, 0.25) is 5.91 Å². The Morgan fingerprint density at radius 1 is 1.59 bits per heavy atom. The Morgan fingerprint density at radius 3 is 2.76 bits per heavy atom. The molecule has 0 unspecified atom stereocenters. The maximum Gasteiger partial charge on any atom is 0.219 e. The number of carbonyl (C=O) groups is 1. The summed E-state index contributed by atoms with van der Waals surface area (Å²) in [6, 6.07) is 0.383. The average Bonchev–Trinajstić information content (AvgIpc) is 2.60. The Bertz CT molecular complexity index is 382. The molecule has 1 amide bonds. The van der Waals surface area contributed by atoms with Crippen LogP contribution in [-0.2, 0) is 11.3 Å². The highest BCUT2D eigenvalue weighted by atomic mass is 16.1. The van der Waals surface area contributed by atoms with Crippen molar-refractivity contribution in [2.24, 2.45) is 5.73 Å². The van der Waals surface area contributed by atoms with Crippen molar-refractivity contribution < 1.29 is 4.79 Å². The fraction of sp³-hybridized carbons (Fsp3) is 0.667. The lowest BCUT2D eigenvalue weighted by Gasteiger charge is -2.25. The smallest absolute Gasteiger partial charge is 0.219 e. The fourth-order valence-electron chi connectivity index (χ4n) is 1.76. The standard InChI is InChI=1S/C12H22N4O/c1-9(2)16-8-14-6-10(16)7-15-12(3,4)5-11(13)17/h6,8-9,15H,5,7H2,1-4H3,(H2,13,17). The summed E-state index contributed by atoms with van der Waals surface area (Å²) >= 11 is 0. The molecule has 0 saturated carbocycles. The third-order valence-corrected chi connectivity index (χ3v) is 2.67. The minimum Gasteiger partial charge on any atom is -0.370 e. The van der Waals surface area contributed by atoms with Gasteiger partial charge in [-0.2, -0.15) is 0 Å². The lowest BCUT2D eigenvalue weighted by atomic mass is 10.0. The van der Waals surface area contributed by atoms with E-state index in [0.29, 0.717) is 19.0 Å². The summed E-state index contributed by atoms with van der Waals surface area (Å²) in [5, 5.41) is 3.33. The Labute approximate surface area is 102 Å². The van der Waals surface area contributed by atoms with E-state index in [1.165, 1.54) is 0 Å². The molecule has 0 spiro atoms. The van der Waals surface area contributed by atoms with Crippen LogP contribution in [0.2, 0.25) is 0 Å². The Hall–Kier alpha value is -1.36. The molecule has 0 atom stereocenters. The van der Waals surface area contributed by atoms with Crippen LogP contribution in [0.4, 0.5) is 0 Å². The minimum absolute atomic E-state index is 0.292. The molecular weight excluding hydrogens is 216 g/mol. The van der Waals surface area contributed by atoms with Crippen molar-refractivity contribution in [1.82, 2.24) is 14.9 Å². The molecule has 0 saturated heterocycles. The van der Waals surface area contributed by atoms with Crippen LogP contribution in [0.25, 0.3) is 0 Å². The van der Waals surface area contributed by atoms with E-state index < -0.39 is 0 Å². The number of nitrogens with zero attached hydrogens (tertiary/aromatic N) is 2. The number of hydrogen-bond acceptors (Lipinski definition) is 3. The van der Waals surface area contributed by atoms with Crippen molar-refractivity contribution >= 4 is 5.91 Å². The molecule has 0 bridgehead atoms. The van der Waals surface area contributed by atoms with E-state index in [0.717, 1.165) is 5.69 Å². The van der Waals surface area contributed by atoms with Gasteiger partial charge < -0.3 is 15.6 Å². The molecular formula is C12H22N4O. The van der Waals surface area contributed by atoms with Gasteiger partial charge in [0, 0.05) is 30.7 Å². The average molecular weight is 238 g/mol. The van der Waals surface area contributed by atoms with E-state index in [1.54, 1.807) is 0 Å². The van der Waals surface area contributed by atoms with Crippen LogP contribution < -0.4 is 11.1 Å². The van der Waals surface area contributed by atoms with Crippen LogP contribution in [0.5, 0.6) is 0 Å². The summed E-state index contributed by atoms with van der Waals surface area (Å²) in [6.45, 7) is 8.83. The van der Waals surface area contributed by atoms with Crippen molar-refractivity contribution in [3.05, 3.63) is 18.2 Å². The van der Waals surface area contributed by atoms with Gasteiger partial charge in [-0.1, -0.05) is 0 Å². The van der Waals surface area contributed by atoms with Gasteiger partial charge in [0.1, 0.15) is 0 Å². The third kappa shape index (κ3) is 4.19. The maximum atomic E-state index is 10.9. The monoisotopic (exact) mass is 238 g/mol. The Kier molecular flexibility index (Phi) is 4.28. The number of primary amides is 1.